The molecule has 1 saturated heterocycles. The first-order valence-electron chi connectivity index (χ1n) is 8.12. The Balaban J connectivity index is 2.02. The van der Waals surface area contributed by atoms with Gasteiger partial charge >= 0.3 is 10.4 Å². The summed E-state index contributed by atoms with van der Waals surface area (Å²) in [6.45, 7) is -0.629. The quantitative estimate of drug-likeness (QED) is 0.113. The number of aliphatic hydroxyl groups excluding tert-OH is 4. The van der Waals surface area contributed by atoms with Gasteiger partial charge in [0.2, 0.25) is 0 Å². The first kappa shape index (κ1) is 23.0. The van der Waals surface area contributed by atoms with E-state index in [1.807, 2.05) is 30.3 Å². The van der Waals surface area contributed by atoms with Crippen molar-refractivity contribution in [3.63, 3.8) is 0 Å². The summed E-state index contributed by atoms with van der Waals surface area (Å²) in [5, 5.41) is 41.9. The molecule has 1 aliphatic heterocycles. The summed E-state index contributed by atoms with van der Waals surface area (Å²) in [4.78, 5) is 0. The summed E-state index contributed by atoms with van der Waals surface area (Å²) < 4.78 is 44.6. The molecule has 13 heteroatoms. The predicted octanol–water partition coefficient (Wildman–Crippen LogP) is -0.783. The molecule has 1 heterocycles. The second kappa shape index (κ2) is 10.5. The van der Waals surface area contributed by atoms with Crippen molar-refractivity contribution in [2.24, 2.45) is 5.16 Å². The molecule has 5 N–H and O–H groups in total. The van der Waals surface area contributed by atoms with Crippen LogP contribution in [0.5, 0.6) is 0 Å². The fourth-order valence-corrected chi connectivity index (χ4v) is 3.19. The van der Waals surface area contributed by atoms with Crippen molar-refractivity contribution in [2.75, 3.05) is 6.61 Å². The highest BCUT2D eigenvalue weighted by molar-refractivity contribution is 8.09. The lowest BCUT2D eigenvalue weighted by molar-refractivity contribution is -0.274. The van der Waals surface area contributed by atoms with Gasteiger partial charge in [0.05, 0.1) is 18.6 Å². The Labute approximate surface area is 165 Å². The normalized spacial score (nSPS) is 28.9. The number of nitrogens with zero attached hydrogens (tertiary/aromatic N) is 1. The second-order valence-electron chi connectivity index (χ2n) is 5.85. The molecule has 2 rings (SSSR count). The summed E-state index contributed by atoms with van der Waals surface area (Å²) in [5.74, 6) is 0. The van der Waals surface area contributed by atoms with Crippen LogP contribution in [0, 0.1) is 0 Å². The third kappa shape index (κ3) is 6.95. The zero-order chi connectivity index (χ0) is 20.7. The van der Waals surface area contributed by atoms with E-state index in [9.17, 15) is 23.7 Å². The third-order valence-corrected chi connectivity index (χ3v) is 4.81. The van der Waals surface area contributed by atoms with Crippen molar-refractivity contribution in [2.45, 2.75) is 43.5 Å². The summed E-state index contributed by atoms with van der Waals surface area (Å²) in [6, 6.07) is 9.14. The Morgan fingerprint density at radius 3 is 2.43 bits per heavy atom. The molecule has 1 aliphatic rings. The number of benzene rings is 1. The lowest BCUT2D eigenvalue weighted by Gasteiger charge is -2.39. The fraction of sp³-hybridized carbons (Fsp3) is 0.533. The molecule has 0 radical (unpaired) electrons. The molecule has 0 spiro atoms. The van der Waals surface area contributed by atoms with Crippen LogP contribution in [0.1, 0.15) is 12.0 Å². The zero-order valence-electron chi connectivity index (χ0n) is 14.4. The van der Waals surface area contributed by atoms with Crippen LogP contribution >= 0.6 is 12.0 Å². The summed E-state index contributed by atoms with van der Waals surface area (Å²) >= 11 is 0.498. The van der Waals surface area contributed by atoms with Crippen molar-refractivity contribution in [1.82, 2.24) is 0 Å². The average molecular weight is 439 g/mol. The molecule has 0 aromatic heterocycles. The minimum atomic E-state index is -4.83. The van der Waals surface area contributed by atoms with Crippen molar-refractivity contribution >= 4 is 27.5 Å². The standard InChI is InChI=1S/C15H21NO10S2/c17-8-10-12(18)13(19)14(20)15(24-10)25-27-11(16-26-28(21,22)23)7-6-9-4-2-1-3-5-9/h1-5,10,12-15,17-20H,6-8H2,(H,21,22,23)/b16-11+/t10-,12-,13+,14-,15+/m1/s1. The van der Waals surface area contributed by atoms with Gasteiger partial charge in [0, 0.05) is 6.42 Å². The number of hydrogen-bond acceptors (Lipinski definition) is 11. The average Bonchev–Trinajstić information content (AvgIpc) is 2.67. The number of hydrogen-bond donors (Lipinski definition) is 5. The smallest absolute Gasteiger partial charge is 0.394 e. The molecule has 1 fully saturated rings. The highest BCUT2D eigenvalue weighted by Crippen LogP contribution is 2.26. The Bertz CT molecular complexity index is 742. The van der Waals surface area contributed by atoms with Crippen molar-refractivity contribution in [1.29, 1.82) is 0 Å². The molecule has 1 aromatic rings. The summed E-state index contributed by atoms with van der Waals surface area (Å²) in [7, 11) is -4.83. The van der Waals surface area contributed by atoms with E-state index in [0.29, 0.717) is 18.5 Å². The molecule has 0 saturated carbocycles. The van der Waals surface area contributed by atoms with Gasteiger partial charge < -0.3 is 25.2 Å². The van der Waals surface area contributed by atoms with Gasteiger partial charge in [-0.2, -0.15) is 8.42 Å². The number of ether oxygens (including phenoxy) is 1. The molecule has 1 aromatic carbocycles. The van der Waals surface area contributed by atoms with E-state index in [4.69, 9.17) is 18.6 Å². The van der Waals surface area contributed by atoms with Crippen molar-refractivity contribution in [3.05, 3.63) is 35.9 Å². The summed E-state index contributed by atoms with van der Waals surface area (Å²) in [5.41, 5.74) is 0.912. The van der Waals surface area contributed by atoms with Gasteiger partial charge in [0.15, 0.2) is 6.29 Å². The number of oxime groups is 1. The molecular weight excluding hydrogens is 418 g/mol. The van der Waals surface area contributed by atoms with Gasteiger partial charge in [0.1, 0.15) is 29.5 Å². The molecule has 0 bridgehead atoms. The third-order valence-electron chi connectivity index (χ3n) is 3.79. The minimum Gasteiger partial charge on any atom is -0.394 e. The van der Waals surface area contributed by atoms with Crippen molar-refractivity contribution < 1.29 is 46.6 Å². The van der Waals surface area contributed by atoms with Gasteiger partial charge in [-0.25, -0.2) is 4.28 Å². The maximum atomic E-state index is 10.8. The van der Waals surface area contributed by atoms with E-state index >= 15 is 0 Å². The summed E-state index contributed by atoms with van der Waals surface area (Å²) in [6.07, 6.45) is -6.84. The Morgan fingerprint density at radius 2 is 1.82 bits per heavy atom. The lowest BCUT2D eigenvalue weighted by Crippen LogP contribution is -2.58. The Kier molecular flexibility index (Phi) is 8.60. The van der Waals surface area contributed by atoms with E-state index in [2.05, 4.69) is 9.44 Å². The number of aryl methyl sites for hydroxylation is 1. The van der Waals surface area contributed by atoms with Gasteiger partial charge in [-0.05, 0) is 12.0 Å². The largest absolute Gasteiger partial charge is 0.466 e. The van der Waals surface area contributed by atoms with Crippen LogP contribution in [-0.2, 0) is 30.0 Å². The van der Waals surface area contributed by atoms with E-state index in [1.165, 1.54) is 0 Å². The number of aliphatic hydroxyl groups is 4. The predicted molar refractivity (Wildman–Crippen MR) is 97.3 cm³/mol. The maximum absolute atomic E-state index is 10.8. The van der Waals surface area contributed by atoms with Gasteiger partial charge in [-0.1, -0.05) is 35.5 Å². The molecule has 0 aliphatic carbocycles. The topological polar surface area (TPSA) is 175 Å². The van der Waals surface area contributed by atoms with Gasteiger partial charge in [-0.15, -0.1) is 0 Å². The highest BCUT2D eigenvalue weighted by atomic mass is 32.3. The Morgan fingerprint density at radius 1 is 1.14 bits per heavy atom. The zero-order valence-corrected chi connectivity index (χ0v) is 16.1. The monoisotopic (exact) mass is 439 g/mol. The maximum Gasteiger partial charge on any atom is 0.466 e. The molecule has 0 amide bonds. The van der Waals surface area contributed by atoms with Crippen LogP contribution in [-0.4, -0.2) is 75.8 Å². The first-order chi connectivity index (χ1) is 13.2. The van der Waals surface area contributed by atoms with Crippen LogP contribution in [0.25, 0.3) is 0 Å². The molecule has 0 unspecified atom stereocenters. The molecule has 5 atom stereocenters. The van der Waals surface area contributed by atoms with Crippen LogP contribution in [0.4, 0.5) is 0 Å². The minimum absolute atomic E-state index is 0.0153. The second-order valence-corrected chi connectivity index (χ2v) is 7.68. The number of rotatable bonds is 8. The highest BCUT2D eigenvalue weighted by Gasteiger charge is 2.44. The van der Waals surface area contributed by atoms with Crippen molar-refractivity contribution in [3.8, 4) is 0 Å². The molecule has 11 nitrogen and oxygen atoms in total. The van der Waals surface area contributed by atoms with E-state index in [1.54, 1.807) is 0 Å². The molecule has 158 valence electrons. The molecule has 28 heavy (non-hydrogen) atoms. The van der Waals surface area contributed by atoms with Crippen LogP contribution in [0.2, 0.25) is 0 Å². The van der Waals surface area contributed by atoms with Crippen LogP contribution in [0.15, 0.2) is 35.5 Å². The van der Waals surface area contributed by atoms with E-state index in [-0.39, 0.29) is 11.5 Å². The van der Waals surface area contributed by atoms with Crippen LogP contribution in [0.3, 0.4) is 0 Å². The molecular formula is C15H21NO10S2. The SMILES string of the molecule is O=S(=O)(O)O/N=C(\CCc1ccccc1)SO[C@@H]1O[C@H](CO)[C@@H](O)[C@H](O)[C@H]1O. The van der Waals surface area contributed by atoms with Crippen LogP contribution < -0.4 is 0 Å². The Hall–Kier alpha value is -1.29. The van der Waals surface area contributed by atoms with Gasteiger partial charge in [-0.3, -0.25) is 8.74 Å². The van der Waals surface area contributed by atoms with E-state index in [0.717, 1.165) is 5.56 Å². The first-order valence-corrected chi connectivity index (χ1v) is 10.2. The fourth-order valence-electron chi connectivity index (χ4n) is 2.34. The lowest BCUT2D eigenvalue weighted by atomic mass is 10.00. The van der Waals surface area contributed by atoms with E-state index < -0.39 is 47.7 Å². The van der Waals surface area contributed by atoms with Gasteiger partial charge in [0.25, 0.3) is 0 Å².